The van der Waals surface area contributed by atoms with E-state index in [1.807, 2.05) is 6.07 Å². The summed E-state index contributed by atoms with van der Waals surface area (Å²) in [5.74, 6) is -0.274. The minimum absolute atomic E-state index is 0.161. The summed E-state index contributed by atoms with van der Waals surface area (Å²) in [6, 6.07) is 4.80. The lowest BCUT2D eigenvalue weighted by molar-refractivity contribution is 0.386. The molecule has 13 heavy (non-hydrogen) atoms. The molecule has 0 heterocycles. The summed E-state index contributed by atoms with van der Waals surface area (Å²) in [5.41, 5.74) is 0.723. The third kappa shape index (κ3) is 2.19. The number of nitrogens with zero attached hydrogens (tertiary/aromatic N) is 1. The number of ether oxygens (including phenoxy) is 1. The zero-order valence-electron chi connectivity index (χ0n) is 6.97. The highest BCUT2D eigenvalue weighted by molar-refractivity contribution is 9.10. The van der Waals surface area contributed by atoms with Gasteiger partial charge in [-0.25, -0.2) is 4.39 Å². The van der Waals surface area contributed by atoms with Gasteiger partial charge >= 0.3 is 0 Å². The van der Waals surface area contributed by atoms with Crippen molar-refractivity contribution in [1.29, 1.82) is 5.26 Å². The Labute approximate surface area is 84.1 Å². The van der Waals surface area contributed by atoms with E-state index in [-0.39, 0.29) is 12.2 Å². The first-order valence-electron chi connectivity index (χ1n) is 3.58. The van der Waals surface area contributed by atoms with E-state index >= 15 is 0 Å². The first-order valence-corrected chi connectivity index (χ1v) is 4.37. The van der Waals surface area contributed by atoms with Gasteiger partial charge in [0.15, 0.2) is 11.6 Å². The molecular weight excluding hydrogens is 237 g/mol. The third-order valence-corrected chi connectivity index (χ3v) is 2.33. The lowest BCUT2D eigenvalue weighted by Crippen LogP contribution is -1.92. The molecule has 0 unspecified atom stereocenters. The molecule has 0 atom stereocenters. The smallest absolute Gasteiger partial charge is 0.166 e. The van der Waals surface area contributed by atoms with Gasteiger partial charge in [0.05, 0.1) is 19.6 Å². The van der Waals surface area contributed by atoms with E-state index in [9.17, 15) is 4.39 Å². The molecule has 2 nitrogen and oxygen atoms in total. The Bertz CT molecular complexity index is 359. The van der Waals surface area contributed by atoms with Crippen LogP contribution in [-0.4, -0.2) is 7.11 Å². The SMILES string of the molecule is COc1cc(CC#N)c(Br)cc1F. The van der Waals surface area contributed by atoms with Crippen molar-refractivity contribution in [2.45, 2.75) is 6.42 Å². The molecule has 0 aromatic heterocycles. The topological polar surface area (TPSA) is 33.0 Å². The van der Waals surface area contributed by atoms with Crippen LogP contribution < -0.4 is 4.74 Å². The number of halogens is 2. The molecule has 0 bridgehead atoms. The molecular formula is C9H7BrFNO. The van der Waals surface area contributed by atoms with Crippen LogP contribution in [-0.2, 0) is 6.42 Å². The normalized spacial score (nSPS) is 9.38. The second-order valence-corrected chi connectivity index (χ2v) is 3.27. The molecule has 0 saturated heterocycles. The number of benzene rings is 1. The van der Waals surface area contributed by atoms with Crippen LogP contribution in [0.1, 0.15) is 5.56 Å². The number of methoxy groups -OCH3 is 1. The average Bonchev–Trinajstić information content (AvgIpc) is 2.10. The van der Waals surface area contributed by atoms with Crippen molar-refractivity contribution in [2.75, 3.05) is 7.11 Å². The quantitative estimate of drug-likeness (QED) is 0.801. The van der Waals surface area contributed by atoms with Crippen LogP contribution in [0, 0.1) is 17.1 Å². The second kappa shape index (κ2) is 4.24. The van der Waals surface area contributed by atoms with Gasteiger partial charge in [-0.05, 0) is 17.7 Å². The number of hydrogen-bond donors (Lipinski definition) is 0. The number of hydrogen-bond acceptors (Lipinski definition) is 2. The highest BCUT2D eigenvalue weighted by Crippen LogP contribution is 2.26. The molecule has 0 aliphatic carbocycles. The molecule has 0 saturated carbocycles. The summed E-state index contributed by atoms with van der Waals surface area (Å²) in [4.78, 5) is 0. The minimum atomic E-state index is -0.434. The molecule has 68 valence electrons. The van der Waals surface area contributed by atoms with Crippen molar-refractivity contribution < 1.29 is 9.13 Å². The van der Waals surface area contributed by atoms with Crippen molar-refractivity contribution in [2.24, 2.45) is 0 Å². The van der Waals surface area contributed by atoms with Gasteiger partial charge in [-0.2, -0.15) is 5.26 Å². The zero-order chi connectivity index (χ0) is 9.84. The van der Waals surface area contributed by atoms with Gasteiger partial charge in [0.2, 0.25) is 0 Å². The molecule has 0 N–H and O–H groups in total. The molecule has 1 aromatic rings. The second-order valence-electron chi connectivity index (χ2n) is 2.41. The Balaban J connectivity index is 3.16. The molecule has 4 heteroatoms. The molecule has 0 spiro atoms. The predicted molar refractivity (Wildman–Crippen MR) is 50.0 cm³/mol. The fourth-order valence-electron chi connectivity index (χ4n) is 0.948. The van der Waals surface area contributed by atoms with Gasteiger partial charge in [0, 0.05) is 4.47 Å². The molecule has 1 rings (SSSR count). The molecule has 0 amide bonds. The van der Waals surface area contributed by atoms with E-state index < -0.39 is 5.82 Å². The van der Waals surface area contributed by atoms with Crippen LogP contribution >= 0.6 is 15.9 Å². The van der Waals surface area contributed by atoms with Crippen LogP contribution in [0.5, 0.6) is 5.75 Å². The van der Waals surface area contributed by atoms with E-state index in [2.05, 4.69) is 15.9 Å². The molecule has 0 aliphatic heterocycles. The van der Waals surface area contributed by atoms with Crippen molar-refractivity contribution in [3.63, 3.8) is 0 Å². The van der Waals surface area contributed by atoms with E-state index in [0.717, 1.165) is 5.56 Å². The maximum absolute atomic E-state index is 13.0. The van der Waals surface area contributed by atoms with Gasteiger partial charge in [-0.15, -0.1) is 0 Å². The summed E-state index contributed by atoms with van der Waals surface area (Å²) in [6.07, 6.45) is 0.233. The lowest BCUT2D eigenvalue weighted by atomic mass is 10.1. The summed E-state index contributed by atoms with van der Waals surface area (Å²) < 4.78 is 18.4. The Morgan fingerprint density at radius 2 is 2.31 bits per heavy atom. The van der Waals surface area contributed by atoms with Crippen LogP contribution in [0.2, 0.25) is 0 Å². The number of rotatable bonds is 2. The van der Waals surface area contributed by atoms with Crippen molar-refractivity contribution in [3.8, 4) is 11.8 Å². The fraction of sp³-hybridized carbons (Fsp3) is 0.222. The van der Waals surface area contributed by atoms with Gasteiger partial charge in [0.25, 0.3) is 0 Å². The Morgan fingerprint density at radius 3 is 2.85 bits per heavy atom. The first kappa shape index (κ1) is 10.0. The number of nitriles is 1. The van der Waals surface area contributed by atoms with Crippen LogP contribution in [0.25, 0.3) is 0 Å². The van der Waals surface area contributed by atoms with Gasteiger partial charge in [-0.3, -0.25) is 0 Å². The zero-order valence-corrected chi connectivity index (χ0v) is 8.56. The van der Waals surface area contributed by atoms with Crippen molar-refractivity contribution in [3.05, 3.63) is 28.0 Å². The highest BCUT2D eigenvalue weighted by atomic mass is 79.9. The van der Waals surface area contributed by atoms with Crippen LogP contribution in [0.3, 0.4) is 0 Å². The summed E-state index contributed by atoms with van der Waals surface area (Å²) in [5, 5.41) is 8.47. The Hall–Kier alpha value is -1.08. The van der Waals surface area contributed by atoms with E-state index in [1.54, 1.807) is 0 Å². The maximum Gasteiger partial charge on any atom is 0.166 e. The van der Waals surface area contributed by atoms with Crippen molar-refractivity contribution in [1.82, 2.24) is 0 Å². The van der Waals surface area contributed by atoms with E-state index in [1.165, 1.54) is 19.2 Å². The third-order valence-electron chi connectivity index (χ3n) is 1.59. The lowest BCUT2D eigenvalue weighted by Gasteiger charge is -2.05. The molecule has 0 aliphatic rings. The van der Waals surface area contributed by atoms with E-state index in [0.29, 0.717) is 4.47 Å². The maximum atomic E-state index is 13.0. The van der Waals surface area contributed by atoms with Gasteiger partial charge < -0.3 is 4.74 Å². The fourth-order valence-corrected chi connectivity index (χ4v) is 1.40. The predicted octanol–water partition coefficient (Wildman–Crippen LogP) is 2.66. The van der Waals surface area contributed by atoms with Crippen molar-refractivity contribution >= 4 is 15.9 Å². The van der Waals surface area contributed by atoms with Crippen LogP contribution in [0.15, 0.2) is 16.6 Å². The summed E-state index contributed by atoms with van der Waals surface area (Å²) in [7, 11) is 1.39. The van der Waals surface area contributed by atoms with Gasteiger partial charge in [0.1, 0.15) is 0 Å². The minimum Gasteiger partial charge on any atom is -0.494 e. The summed E-state index contributed by atoms with van der Waals surface area (Å²) >= 11 is 3.16. The Kier molecular flexibility index (Phi) is 3.26. The largest absolute Gasteiger partial charge is 0.494 e. The Morgan fingerprint density at radius 1 is 1.62 bits per heavy atom. The summed E-state index contributed by atoms with van der Waals surface area (Å²) in [6.45, 7) is 0. The average molecular weight is 244 g/mol. The molecule has 0 radical (unpaired) electrons. The molecule has 1 aromatic carbocycles. The van der Waals surface area contributed by atoms with Gasteiger partial charge in [-0.1, -0.05) is 15.9 Å². The first-order chi connectivity index (χ1) is 6.19. The molecule has 0 fully saturated rings. The van der Waals surface area contributed by atoms with E-state index in [4.69, 9.17) is 10.00 Å². The monoisotopic (exact) mass is 243 g/mol. The standard InChI is InChI=1S/C9H7BrFNO/c1-13-9-4-6(2-3-12)7(10)5-8(9)11/h4-5H,2H2,1H3. The van der Waals surface area contributed by atoms with Crippen LogP contribution in [0.4, 0.5) is 4.39 Å². The highest BCUT2D eigenvalue weighted by Gasteiger charge is 2.07.